The zero-order chi connectivity index (χ0) is 38.2. The second-order valence-electron chi connectivity index (χ2n) is 17.4. The van der Waals surface area contributed by atoms with Gasteiger partial charge in [0.1, 0.15) is 6.17 Å². The summed E-state index contributed by atoms with van der Waals surface area (Å²) >= 11 is 0. The van der Waals surface area contributed by atoms with Gasteiger partial charge < -0.3 is 31.7 Å². The average molecular weight is 755 g/mol. The van der Waals surface area contributed by atoms with Crippen molar-refractivity contribution in [3.63, 3.8) is 0 Å². The highest BCUT2D eigenvalue weighted by molar-refractivity contribution is 5.89. The smallest absolute Gasteiger partial charge is 0.239 e. The van der Waals surface area contributed by atoms with E-state index in [1.165, 1.54) is 11.9 Å². The lowest BCUT2D eigenvalue weighted by atomic mass is 9.66. The van der Waals surface area contributed by atoms with Gasteiger partial charge in [-0.25, -0.2) is 4.39 Å². The Kier molecular flexibility index (Phi) is 14.8. The number of ether oxygens (including phenoxy) is 1. The second-order valence-corrected chi connectivity index (χ2v) is 17.4. The summed E-state index contributed by atoms with van der Waals surface area (Å²) in [6.07, 6.45) is 14.2. The lowest BCUT2D eigenvalue weighted by Crippen LogP contribution is -2.65. The summed E-state index contributed by atoms with van der Waals surface area (Å²) < 4.78 is 20.3. The molecule has 0 aromatic carbocycles. The number of allylic oxidation sites excluding steroid dienone is 1. The van der Waals surface area contributed by atoms with Gasteiger partial charge in [-0.2, -0.15) is 0 Å². The maximum atomic E-state index is 14.9. The fourth-order valence-electron chi connectivity index (χ4n) is 10.6. The van der Waals surface area contributed by atoms with Gasteiger partial charge in [0.05, 0.1) is 55.5 Å². The molecule has 7 rings (SSSR count). The van der Waals surface area contributed by atoms with Gasteiger partial charge in [0.2, 0.25) is 11.8 Å². The fraction of sp³-hybridized carbons (Fsp3) is 0.857. The van der Waals surface area contributed by atoms with Gasteiger partial charge in [-0.15, -0.1) is 0 Å². The van der Waals surface area contributed by atoms with E-state index in [0.717, 1.165) is 135 Å². The zero-order valence-electron chi connectivity index (χ0n) is 33.5. The minimum Gasteiger partial charge on any atom is -0.378 e. The number of unbranched alkanes of at least 4 members (excludes halogenated alkanes) is 1. The highest BCUT2D eigenvalue weighted by atomic mass is 19.1. The molecule has 6 aliphatic heterocycles. The molecule has 0 spiro atoms. The SMILES string of the molecule is CCCCC(CCC)C1=CCC(F)C=NC1C(C(=O)NC12CCCCC(CC)C(=NC1)CC2C1CCC(C(=O)N2CCN(C3COC3)CC2)NC1)C(N)N. The first-order chi connectivity index (χ1) is 26.2. The number of carbonyl (C=O) groups excluding carboxylic acids is 2. The number of piperazine rings is 1. The van der Waals surface area contributed by atoms with E-state index in [2.05, 4.69) is 36.3 Å². The molecule has 7 aliphatic rings. The van der Waals surface area contributed by atoms with E-state index in [1.807, 2.05) is 11.0 Å². The molecule has 4 fully saturated rings. The summed E-state index contributed by atoms with van der Waals surface area (Å²) in [6.45, 7) is 12.8. The number of nitrogens with one attached hydrogen (secondary N) is 2. The van der Waals surface area contributed by atoms with Gasteiger partial charge in [-0.05, 0) is 87.2 Å². The summed E-state index contributed by atoms with van der Waals surface area (Å²) in [5.74, 6) is 0.284. The number of nitrogens with two attached hydrogens (primary N) is 2. The molecule has 9 unspecified atom stereocenters. The van der Waals surface area contributed by atoms with Crippen molar-refractivity contribution in [2.45, 2.75) is 147 Å². The number of hydrogen-bond acceptors (Lipinski definition) is 9. The highest BCUT2D eigenvalue weighted by Crippen LogP contribution is 2.43. The van der Waals surface area contributed by atoms with Gasteiger partial charge in [-0.1, -0.05) is 59.0 Å². The first-order valence-corrected chi connectivity index (χ1v) is 21.8. The van der Waals surface area contributed by atoms with Crippen LogP contribution in [0.25, 0.3) is 0 Å². The minimum atomic E-state index is -1.20. The van der Waals surface area contributed by atoms with Gasteiger partial charge in [0.25, 0.3) is 0 Å². The van der Waals surface area contributed by atoms with Crippen molar-refractivity contribution in [3.05, 3.63) is 11.6 Å². The van der Waals surface area contributed by atoms with Crippen LogP contribution in [-0.2, 0) is 14.3 Å². The van der Waals surface area contributed by atoms with Crippen LogP contribution in [0.15, 0.2) is 21.6 Å². The maximum absolute atomic E-state index is 14.9. The predicted molar refractivity (Wildman–Crippen MR) is 214 cm³/mol. The summed E-state index contributed by atoms with van der Waals surface area (Å²) in [5.41, 5.74) is 14.9. The van der Waals surface area contributed by atoms with Crippen LogP contribution in [0.2, 0.25) is 0 Å². The number of fused-ring (bicyclic) bond motifs is 6. The van der Waals surface area contributed by atoms with Gasteiger partial charge in [0.15, 0.2) is 0 Å². The number of alkyl halides is 1. The Morgan fingerprint density at radius 1 is 1.07 bits per heavy atom. The first kappa shape index (κ1) is 41.4. The van der Waals surface area contributed by atoms with Crippen molar-refractivity contribution in [2.24, 2.45) is 51.0 Å². The van der Waals surface area contributed by atoms with E-state index >= 15 is 0 Å². The molecular formula is C42H71FN8O3. The van der Waals surface area contributed by atoms with Crippen LogP contribution in [0.3, 0.4) is 0 Å². The molecule has 0 radical (unpaired) electrons. The summed E-state index contributed by atoms with van der Waals surface area (Å²) in [7, 11) is 0. The largest absolute Gasteiger partial charge is 0.378 e. The maximum Gasteiger partial charge on any atom is 0.239 e. The highest BCUT2D eigenvalue weighted by Gasteiger charge is 2.50. The minimum absolute atomic E-state index is 0.160. The Bertz CT molecular complexity index is 1340. The third-order valence-electron chi connectivity index (χ3n) is 13.9. The number of halogens is 1. The number of rotatable bonds is 14. The molecule has 1 saturated carbocycles. The van der Waals surface area contributed by atoms with Crippen molar-refractivity contribution < 1.29 is 18.7 Å². The van der Waals surface area contributed by atoms with E-state index in [1.54, 1.807) is 0 Å². The van der Waals surface area contributed by atoms with Crippen LogP contribution in [0.5, 0.6) is 0 Å². The monoisotopic (exact) mass is 755 g/mol. The van der Waals surface area contributed by atoms with Crippen molar-refractivity contribution in [3.8, 4) is 0 Å². The lowest BCUT2D eigenvalue weighted by molar-refractivity contribution is -0.138. The van der Waals surface area contributed by atoms with E-state index in [0.29, 0.717) is 18.5 Å². The van der Waals surface area contributed by atoms with Gasteiger partial charge >= 0.3 is 0 Å². The van der Waals surface area contributed by atoms with E-state index in [9.17, 15) is 14.0 Å². The molecule has 9 atom stereocenters. The predicted octanol–water partition coefficient (Wildman–Crippen LogP) is 4.39. The topological polar surface area (TPSA) is 151 Å². The van der Waals surface area contributed by atoms with Crippen LogP contribution in [-0.4, -0.2) is 122 Å². The molecule has 54 heavy (non-hydrogen) atoms. The van der Waals surface area contributed by atoms with E-state index < -0.39 is 29.8 Å². The lowest BCUT2D eigenvalue weighted by Gasteiger charge is -2.50. The average Bonchev–Trinajstić information content (AvgIpc) is 3.24. The zero-order valence-corrected chi connectivity index (χ0v) is 33.5. The molecule has 2 bridgehead atoms. The second kappa shape index (κ2) is 19.3. The Balaban J connectivity index is 1.21. The Morgan fingerprint density at radius 2 is 1.87 bits per heavy atom. The Labute approximate surface area is 324 Å². The van der Waals surface area contributed by atoms with Crippen LogP contribution >= 0.6 is 0 Å². The number of carbonyl (C=O) groups is 2. The van der Waals surface area contributed by atoms with Crippen LogP contribution in [0.4, 0.5) is 4.39 Å². The van der Waals surface area contributed by atoms with Crippen molar-refractivity contribution >= 4 is 23.7 Å². The first-order valence-electron chi connectivity index (χ1n) is 21.8. The van der Waals surface area contributed by atoms with Crippen LogP contribution in [0.1, 0.15) is 111 Å². The van der Waals surface area contributed by atoms with Crippen LogP contribution < -0.4 is 22.1 Å². The molecule has 3 saturated heterocycles. The molecule has 0 aromatic heterocycles. The normalized spacial score (nSPS) is 33.8. The van der Waals surface area contributed by atoms with Gasteiger partial charge in [0, 0.05) is 44.5 Å². The Morgan fingerprint density at radius 3 is 2.52 bits per heavy atom. The van der Waals surface area contributed by atoms with Crippen molar-refractivity contribution in [2.75, 3.05) is 52.5 Å². The van der Waals surface area contributed by atoms with Crippen molar-refractivity contribution in [1.82, 2.24) is 20.4 Å². The van der Waals surface area contributed by atoms with Crippen molar-refractivity contribution in [1.29, 1.82) is 0 Å². The molecule has 6 N–H and O–H groups in total. The third kappa shape index (κ3) is 9.47. The van der Waals surface area contributed by atoms with E-state index in [-0.39, 0.29) is 42.0 Å². The summed E-state index contributed by atoms with van der Waals surface area (Å²) in [4.78, 5) is 43.2. The molecule has 6 heterocycles. The van der Waals surface area contributed by atoms with E-state index in [4.69, 9.17) is 26.2 Å². The Hall–Kier alpha value is -2.25. The third-order valence-corrected chi connectivity index (χ3v) is 13.9. The van der Waals surface area contributed by atoms with Crippen LogP contribution in [0, 0.1) is 29.6 Å². The van der Waals surface area contributed by atoms with Gasteiger partial charge in [-0.3, -0.25) is 24.5 Å². The number of piperidine rings is 1. The molecule has 1 aliphatic carbocycles. The molecule has 0 aromatic rings. The standard InChI is InChI=1S/C42H71FN8O3/c1-4-7-11-29(10-5-2)33-15-14-31(43)24-47-38(33)37(39(44)45)40(52)49-42-17-9-8-12-28(6-3)36(48-27-42)22-34(42)30-13-16-35(46-23-30)41(53)51-20-18-50(19-21-51)32-25-54-26-32/h15,24,28-32,34-35,37-39,46H,4-14,16-23,25-27,44-45H2,1-3H3,(H,49,52). The molecule has 304 valence electrons. The number of hydrogen-bond donors (Lipinski definition) is 4. The number of amides is 2. The summed E-state index contributed by atoms with van der Waals surface area (Å²) in [5, 5.41) is 7.33. The molecule has 2 amide bonds. The molecule has 12 heteroatoms. The number of nitrogens with zero attached hydrogens (tertiary/aromatic N) is 4. The molecule has 11 nitrogen and oxygen atoms in total. The summed E-state index contributed by atoms with van der Waals surface area (Å²) in [6, 6.07) is -0.283. The molecular weight excluding hydrogens is 684 g/mol. The number of aliphatic imine (C=N–C) groups is 2. The quantitative estimate of drug-likeness (QED) is 0.152. The fourth-order valence-corrected chi connectivity index (χ4v) is 10.6.